The highest BCUT2D eigenvalue weighted by molar-refractivity contribution is 7.99. The van der Waals surface area contributed by atoms with E-state index in [-0.39, 0.29) is 0 Å². The first-order valence-corrected chi connectivity index (χ1v) is 3.67. The number of alkyl halides is 2. The van der Waals surface area contributed by atoms with Gasteiger partial charge in [-0.3, -0.25) is 0 Å². The van der Waals surface area contributed by atoms with Crippen molar-refractivity contribution < 1.29 is 8.78 Å². The summed E-state index contributed by atoms with van der Waals surface area (Å²) in [5.74, 6) is -2.32. The Bertz CT molecular complexity index is 186. The van der Waals surface area contributed by atoms with Gasteiger partial charge in [-0.1, -0.05) is 30.0 Å². The fourth-order valence-electron chi connectivity index (χ4n) is 0.602. The van der Waals surface area contributed by atoms with Crippen LogP contribution in [0.2, 0.25) is 0 Å². The highest BCUT2D eigenvalue weighted by Crippen LogP contribution is 2.23. The van der Waals surface area contributed by atoms with E-state index in [4.69, 9.17) is 0 Å². The van der Waals surface area contributed by atoms with Gasteiger partial charge in [0.25, 0.3) is 5.76 Å². The molecule has 0 spiro atoms. The molecule has 0 nitrogen and oxygen atoms in total. The summed E-state index contributed by atoms with van der Waals surface area (Å²) in [5.41, 5.74) is 0. The molecule has 1 atom stereocenters. The van der Waals surface area contributed by atoms with Crippen molar-refractivity contribution in [3.63, 3.8) is 0 Å². The van der Waals surface area contributed by atoms with Crippen molar-refractivity contribution in [2.75, 3.05) is 0 Å². The van der Waals surface area contributed by atoms with Crippen molar-refractivity contribution in [2.24, 2.45) is 0 Å². The molecule has 0 amide bonds. The van der Waals surface area contributed by atoms with Crippen LogP contribution in [0.3, 0.4) is 0 Å². The smallest absolute Gasteiger partial charge is 0.198 e. The molecule has 1 aromatic rings. The van der Waals surface area contributed by atoms with Gasteiger partial charge in [-0.05, 0) is 12.1 Å². The molecule has 0 aliphatic heterocycles. The van der Waals surface area contributed by atoms with Crippen molar-refractivity contribution >= 4 is 11.8 Å². The van der Waals surface area contributed by atoms with Crippen LogP contribution in [0.1, 0.15) is 0 Å². The monoisotopic (exact) mass is 159 g/mol. The predicted octanol–water partition coefficient (Wildman–Crippen LogP) is 3.00. The summed E-state index contributed by atoms with van der Waals surface area (Å²) < 4.78 is 23.4. The summed E-state index contributed by atoms with van der Waals surface area (Å²) in [6.07, 6.45) is 0. The zero-order valence-corrected chi connectivity index (χ0v) is 5.94. The first-order valence-electron chi connectivity index (χ1n) is 2.79. The summed E-state index contributed by atoms with van der Waals surface area (Å²) in [7, 11) is 0. The van der Waals surface area contributed by atoms with Crippen LogP contribution >= 0.6 is 11.8 Å². The molecule has 0 radical (unpaired) electrons. The van der Waals surface area contributed by atoms with Crippen LogP contribution in [0.15, 0.2) is 35.2 Å². The Morgan fingerprint density at radius 1 is 1.10 bits per heavy atom. The van der Waals surface area contributed by atoms with Crippen LogP contribution < -0.4 is 0 Å². The fourth-order valence-corrected chi connectivity index (χ4v) is 1.12. The average molecular weight is 159 g/mol. The number of thioether (sulfide) groups is 1. The maximum absolute atomic E-state index is 11.7. The van der Waals surface area contributed by atoms with Crippen molar-refractivity contribution in [3.05, 3.63) is 30.3 Å². The van der Waals surface area contributed by atoms with Gasteiger partial charge in [-0.25, -0.2) is 0 Å². The maximum atomic E-state index is 11.7. The van der Waals surface area contributed by atoms with E-state index < -0.39 is 5.76 Å². The minimum Gasteiger partial charge on any atom is -0.198 e. The van der Waals surface area contributed by atoms with E-state index in [1.165, 1.54) is 0 Å². The molecular weight excluding hydrogens is 153 g/mol. The van der Waals surface area contributed by atoms with Gasteiger partial charge in [0, 0.05) is 4.90 Å². The molecule has 1 unspecified atom stereocenters. The number of hydrogen-bond acceptors (Lipinski definition) is 1. The lowest BCUT2D eigenvalue weighted by Gasteiger charge is -1.96. The summed E-state index contributed by atoms with van der Waals surface area (Å²) in [5, 5.41) is 0. The molecular formula is C7H6F2S. The van der Waals surface area contributed by atoms with Crippen LogP contribution in [0.5, 0.6) is 0 Å². The van der Waals surface area contributed by atoms with E-state index >= 15 is 0 Å². The second-order valence-corrected chi connectivity index (χ2v) is 2.76. The number of hydrogen-bond donors (Lipinski definition) is 0. The quantitative estimate of drug-likeness (QED) is 0.598. The molecule has 0 N–H and O–H groups in total. The van der Waals surface area contributed by atoms with Gasteiger partial charge in [-0.2, -0.15) is 8.78 Å². The third-order valence-corrected chi connectivity index (χ3v) is 1.69. The molecule has 1 aromatic carbocycles. The molecule has 0 aliphatic rings. The summed E-state index contributed by atoms with van der Waals surface area (Å²) in [6.45, 7) is 0. The first kappa shape index (κ1) is 7.54. The topological polar surface area (TPSA) is 0 Å². The highest BCUT2D eigenvalue weighted by Gasteiger charge is 2.02. The van der Waals surface area contributed by atoms with Gasteiger partial charge in [-0.15, -0.1) is 0 Å². The minimum absolute atomic E-state index is 0.565. The number of halogens is 2. The van der Waals surface area contributed by atoms with Crippen LogP contribution in [-0.2, 0) is 0 Å². The largest absolute Gasteiger partial charge is 0.288 e. The Balaban J connectivity index is 2.59. The molecule has 0 fully saturated rings. The van der Waals surface area contributed by atoms with Gasteiger partial charge in [0.15, 0.2) is 0 Å². The zero-order chi connectivity index (χ0) is 7.40. The van der Waals surface area contributed by atoms with E-state index in [1.807, 2.05) is 0 Å². The molecule has 10 heavy (non-hydrogen) atoms. The Labute approximate surface area is 62.3 Å². The second kappa shape index (κ2) is 3.56. The van der Waals surface area contributed by atoms with E-state index in [9.17, 15) is 8.78 Å². The summed E-state index contributed by atoms with van der Waals surface area (Å²) >= 11 is 0.565. The lowest BCUT2D eigenvalue weighted by molar-refractivity contribution is 0.252. The predicted molar refractivity (Wildman–Crippen MR) is 38.3 cm³/mol. The normalized spacial score (nSPS) is 13.0. The molecule has 0 saturated carbocycles. The van der Waals surface area contributed by atoms with Crippen molar-refractivity contribution in [3.8, 4) is 0 Å². The zero-order valence-electron chi connectivity index (χ0n) is 5.13. The Morgan fingerprint density at radius 3 is 2.20 bits per heavy atom. The van der Waals surface area contributed by atoms with Gasteiger partial charge in [0.1, 0.15) is 0 Å². The summed E-state index contributed by atoms with van der Waals surface area (Å²) in [4.78, 5) is 0.609. The summed E-state index contributed by atoms with van der Waals surface area (Å²) in [6, 6.07) is 8.61. The number of benzene rings is 1. The highest BCUT2D eigenvalue weighted by atomic mass is 32.2. The van der Waals surface area contributed by atoms with Crippen molar-refractivity contribution in [1.29, 1.82) is 0 Å². The first-order chi connectivity index (χ1) is 4.79. The minimum atomic E-state index is -2.32. The second-order valence-electron chi connectivity index (χ2n) is 1.69. The van der Waals surface area contributed by atoms with E-state index in [2.05, 4.69) is 0 Å². The van der Waals surface area contributed by atoms with Gasteiger partial charge in [0.05, 0.1) is 0 Å². The van der Waals surface area contributed by atoms with Crippen LogP contribution in [-0.4, -0.2) is 5.76 Å². The SMILES string of the molecule is FC([18F])Sc1ccccc1. The Kier molecular flexibility index (Phi) is 2.68. The van der Waals surface area contributed by atoms with Crippen LogP contribution in [0.25, 0.3) is 0 Å². The van der Waals surface area contributed by atoms with Crippen molar-refractivity contribution in [1.82, 2.24) is 0 Å². The standard InChI is InChI=1S/C7H6F2S/c8-7(9)10-6-4-2-1-3-5-6/h1-5,7H/i8-1. The lowest BCUT2D eigenvalue weighted by atomic mass is 10.4. The van der Waals surface area contributed by atoms with Crippen molar-refractivity contribution in [2.45, 2.75) is 10.7 Å². The maximum Gasteiger partial charge on any atom is 0.288 e. The number of rotatable bonds is 2. The van der Waals surface area contributed by atoms with E-state index in [0.29, 0.717) is 16.7 Å². The van der Waals surface area contributed by atoms with E-state index in [0.717, 1.165) is 0 Å². The molecule has 0 saturated heterocycles. The molecule has 0 bridgehead atoms. The molecule has 1 rings (SSSR count). The third kappa shape index (κ3) is 2.35. The van der Waals surface area contributed by atoms with Gasteiger partial charge in [0.2, 0.25) is 0 Å². The van der Waals surface area contributed by atoms with Crippen LogP contribution in [0.4, 0.5) is 8.78 Å². The molecule has 3 heteroatoms. The molecule has 0 heterocycles. The van der Waals surface area contributed by atoms with Gasteiger partial charge >= 0.3 is 0 Å². The van der Waals surface area contributed by atoms with Crippen LogP contribution in [0, 0.1) is 0 Å². The average Bonchev–Trinajstić information content (AvgIpc) is 1.88. The van der Waals surface area contributed by atoms with Gasteiger partial charge < -0.3 is 0 Å². The molecule has 0 aliphatic carbocycles. The Hall–Kier alpha value is -0.570. The van der Waals surface area contributed by atoms with E-state index in [1.54, 1.807) is 30.3 Å². The molecule has 54 valence electrons. The Morgan fingerprint density at radius 2 is 1.70 bits per heavy atom. The lowest BCUT2D eigenvalue weighted by Crippen LogP contribution is -1.79. The fraction of sp³-hybridized carbons (Fsp3) is 0.143. The third-order valence-electron chi connectivity index (χ3n) is 0.968. The molecule has 0 aromatic heterocycles.